The van der Waals surface area contributed by atoms with E-state index in [1.54, 1.807) is 6.07 Å². The molecule has 0 saturated heterocycles. The van der Waals surface area contributed by atoms with Crippen molar-refractivity contribution in [1.82, 2.24) is 9.97 Å². The molecule has 0 amide bonds. The molecule has 0 saturated carbocycles. The number of ether oxygens (including phenoxy) is 2. The molecule has 0 bridgehead atoms. The van der Waals surface area contributed by atoms with Gasteiger partial charge in [-0.2, -0.15) is 0 Å². The van der Waals surface area contributed by atoms with Crippen LogP contribution in [0.5, 0.6) is 17.4 Å². The first kappa shape index (κ1) is 12.1. The number of aromatic nitrogens is 2. The Morgan fingerprint density at radius 3 is 2.89 bits per heavy atom. The van der Waals surface area contributed by atoms with Crippen molar-refractivity contribution in [3.05, 3.63) is 46.5 Å². The largest absolute Gasteiger partial charge is 0.487 e. The molecule has 0 fully saturated rings. The third-order valence-corrected chi connectivity index (χ3v) is 2.38. The standard InChI is InChI=1S/C12H13N3O3/c1-17-10-11(16)14-7-15-12(10)18-9-5-3-2-4-8(9)6-13/h2-5,7H,6,13H2,1H3,(H,14,15,16). The molecule has 0 radical (unpaired) electrons. The minimum absolute atomic E-state index is 0.0318. The molecule has 0 unspecified atom stereocenters. The van der Waals surface area contributed by atoms with Gasteiger partial charge in [0.15, 0.2) is 0 Å². The van der Waals surface area contributed by atoms with Gasteiger partial charge < -0.3 is 20.2 Å². The predicted molar refractivity (Wildman–Crippen MR) is 65.8 cm³/mol. The van der Waals surface area contributed by atoms with Gasteiger partial charge in [-0.15, -0.1) is 0 Å². The Balaban J connectivity index is 2.40. The number of hydrogen-bond acceptors (Lipinski definition) is 5. The molecular formula is C12H13N3O3. The molecule has 0 aliphatic carbocycles. The van der Waals surface area contributed by atoms with Crippen LogP contribution in [0, 0.1) is 0 Å². The number of methoxy groups -OCH3 is 1. The molecule has 94 valence electrons. The van der Waals surface area contributed by atoms with Crippen LogP contribution in [0.4, 0.5) is 0 Å². The van der Waals surface area contributed by atoms with Gasteiger partial charge in [-0.3, -0.25) is 4.79 Å². The van der Waals surface area contributed by atoms with Crippen LogP contribution in [0.1, 0.15) is 5.56 Å². The highest BCUT2D eigenvalue weighted by molar-refractivity contribution is 5.39. The highest BCUT2D eigenvalue weighted by Gasteiger charge is 2.12. The molecule has 1 heterocycles. The van der Waals surface area contributed by atoms with E-state index in [1.807, 2.05) is 18.2 Å². The first-order valence-electron chi connectivity index (χ1n) is 5.33. The zero-order valence-electron chi connectivity index (χ0n) is 9.84. The van der Waals surface area contributed by atoms with Crippen molar-refractivity contribution in [3.8, 4) is 17.4 Å². The fourth-order valence-corrected chi connectivity index (χ4v) is 1.50. The Morgan fingerprint density at radius 1 is 1.39 bits per heavy atom. The first-order chi connectivity index (χ1) is 8.76. The van der Waals surface area contributed by atoms with E-state index >= 15 is 0 Å². The van der Waals surface area contributed by atoms with Crippen molar-refractivity contribution in [2.45, 2.75) is 6.54 Å². The van der Waals surface area contributed by atoms with Crippen LogP contribution in [0.25, 0.3) is 0 Å². The second-order valence-electron chi connectivity index (χ2n) is 3.48. The van der Waals surface area contributed by atoms with Gasteiger partial charge in [0, 0.05) is 12.1 Å². The summed E-state index contributed by atoms with van der Waals surface area (Å²) in [5.41, 5.74) is 6.03. The number of H-pyrrole nitrogens is 1. The van der Waals surface area contributed by atoms with E-state index in [9.17, 15) is 4.79 Å². The summed E-state index contributed by atoms with van der Waals surface area (Å²) in [4.78, 5) is 17.8. The first-order valence-corrected chi connectivity index (χ1v) is 5.33. The summed E-state index contributed by atoms with van der Waals surface area (Å²) in [6.07, 6.45) is 1.26. The van der Waals surface area contributed by atoms with Gasteiger partial charge in [0.1, 0.15) is 5.75 Å². The van der Waals surface area contributed by atoms with Crippen LogP contribution in [-0.4, -0.2) is 17.1 Å². The molecule has 1 aromatic carbocycles. The lowest BCUT2D eigenvalue weighted by Gasteiger charge is -2.10. The maximum Gasteiger partial charge on any atom is 0.297 e. The summed E-state index contributed by atoms with van der Waals surface area (Å²) in [5.74, 6) is 0.697. The minimum atomic E-state index is -0.396. The summed E-state index contributed by atoms with van der Waals surface area (Å²) < 4.78 is 10.5. The topological polar surface area (TPSA) is 90.2 Å². The Morgan fingerprint density at radius 2 is 2.17 bits per heavy atom. The Labute approximate surface area is 103 Å². The SMILES string of the molecule is COc1c(Oc2ccccc2CN)nc[nH]c1=O. The van der Waals surface area contributed by atoms with E-state index in [0.717, 1.165) is 5.56 Å². The number of nitrogens with two attached hydrogens (primary N) is 1. The molecular weight excluding hydrogens is 234 g/mol. The Hall–Kier alpha value is -2.34. The predicted octanol–water partition coefficient (Wildman–Crippen LogP) is 1.03. The lowest BCUT2D eigenvalue weighted by molar-refractivity contribution is 0.361. The van der Waals surface area contributed by atoms with E-state index in [0.29, 0.717) is 12.3 Å². The average Bonchev–Trinajstić information content (AvgIpc) is 2.40. The van der Waals surface area contributed by atoms with Gasteiger partial charge in [-0.25, -0.2) is 4.98 Å². The van der Waals surface area contributed by atoms with E-state index in [2.05, 4.69) is 9.97 Å². The quantitative estimate of drug-likeness (QED) is 0.842. The smallest absolute Gasteiger partial charge is 0.297 e. The van der Waals surface area contributed by atoms with Gasteiger partial charge in [0.2, 0.25) is 5.75 Å². The van der Waals surface area contributed by atoms with Crippen LogP contribution in [-0.2, 0) is 6.54 Å². The normalized spacial score (nSPS) is 10.1. The number of benzene rings is 1. The van der Waals surface area contributed by atoms with E-state index in [1.165, 1.54) is 13.4 Å². The molecule has 3 N–H and O–H groups in total. The summed E-state index contributed by atoms with van der Waals surface area (Å²) in [6.45, 7) is 0.335. The third-order valence-electron chi connectivity index (χ3n) is 2.38. The highest BCUT2D eigenvalue weighted by atomic mass is 16.5. The fourth-order valence-electron chi connectivity index (χ4n) is 1.50. The molecule has 0 aliphatic heterocycles. The maximum atomic E-state index is 11.5. The third kappa shape index (κ3) is 2.33. The van der Waals surface area contributed by atoms with Gasteiger partial charge >= 0.3 is 0 Å². The van der Waals surface area contributed by atoms with Crippen LogP contribution < -0.4 is 20.8 Å². The van der Waals surface area contributed by atoms with Crippen molar-refractivity contribution in [2.75, 3.05) is 7.11 Å². The number of hydrogen-bond donors (Lipinski definition) is 2. The molecule has 18 heavy (non-hydrogen) atoms. The number of aromatic amines is 1. The van der Waals surface area contributed by atoms with Crippen molar-refractivity contribution in [1.29, 1.82) is 0 Å². The van der Waals surface area contributed by atoms with Crippen LogP contribution in [0.3, 0.4) is 0 Å². The van der Waals surface area contributed by atoms with Gasteiger partial charge in [0.25, 0.3) is 11.4 Å². The van der Waals surface area contributed by atoms with Crippen molar-refractivity contribution in [3.63, 3.8) is 0 Å². The fraction of sp³-hybridized carbons (Fsp3) is 0.167. The Kier molecular flexibility index (Phi) is 3.59. The highest BCUT2D eigenvalue weighted by Crippen LogP contribution is 2.27. The van der Waals surface area contributed by atoms with Crippen molar-refractivity contribution >= 4 is 0 Å². The lowest BCUT2D eigenvalue weighted by atomic mass is 10.2. The molecule has 0 atom stereocenters. The van der Waals surface area contributed by atoms with Crippen LogP contribution in [0.15, 0.2) is 35.4 Å². The maximum absolute atomic E-state index is 11.5. The number of para-hydroxylation sites is 1. The molecule has 1 aromatic heterocycles. The lowest BCUT2D eigenvalue weighted by Crippen LogP contribution is -2.11. The molecule has 2 aromatic rings. The molecule has 2 rings (SSSR count). The van der Waals surface area contributed by atoms with Crippen molar-refractivity contribution < 1.29 is 9.47 Å². The summed E-state index contributed by atoms with van der Waals surface area (Å²) >= 11 is 0. The average molecular weight is 247 g/mol. The van der Waals surface area contributed by atoms with E-state index in [-0.39, 0.29) is 11.6 Å². The second kappa shape index (κ2) is 5.33. The molecule has 0 aliphatic rings. The number of rotatable bonds is 4. The summed E-state index contributed by atoms with van der Waals surface area (Å²) in [6, 6.07) is 7.27. The summed E-state index contributed by atoms with van der Waals surface area (Å²) in [7, 11) is 1.38. The van der Waals surface area contributed by atoms with Crippen LogP contribution in [0.2, 0.25) is 0 Å². The van der Waals surface area contributed by atoms with E-state index < -0.39 is 5.56 Å². The zero-order chi connectivity index (χ0) is 13.0. The minimum Gasteiger partial charge on any atom is -0.487 e. The van der Waals surface area contributed by atoms with Crippen LogP contribution >= 0.6 is 0 Å². The Bertz CT molecular complexity index is 595. The number of nitrogens with one attached hydrogen (secondary N) is 1. The number of nitrogens with zero attached hydrogens (tertiary/aromatic N) is 1. The second-order valence-corrected chi connectivity index (χ2v) is 3.48. The van der Waals surface area contributed by atoms with Crippen molar-refractivity contribution in [2.24, 2.45) is 5.73 Å². The molecule has 6 heteroatoms. The van der Waals surface area contributed by atoms with Gasteiger partial charge in [0.05, 0.1) is 13.4 Å². The van der Waals surface area contributed by atoms with Gasteiger partial charge in [-0.05, 0) is 6.07 Å². The van der Waals surface area contributed by atoms with Gasteiger partial charge in [-0.1, -0.05) is 18.2 Å². The zero-order valence-corrected chi connectivity index (χ0v) is 9.84. The van der Waals surface area contributed by atoms with E-state index in [4.69, 9.17) is 15.2 Å². The molecule has 0 spiro atoms. The molecule has 6 nitrogen and oxygen atoms in total. The monoisotopic (exact) mass is 247 g/mol. The summed E-state index contributed by atoms with van der Waals surface area (Å²) in [5, 5.41) is 0.